The minimum Gasteiger partial charge on any atom is -0.497 e. The lowest BCUT2D eigenvalue weighted by molar-refractivity contribution is 0.197. The maximum atomic E-state index is 5.62. The lowest BCUT2D eigenvalue weighted by Crippen LogP contribution is -2.45. The van der Waals surface area contributed by atoms with E-state index in [-0.39, 0.29) is 6.04 Å². The highest BCUT2D eigenvalue weighted by Crippen LogP contribution is 2.38. The van der Waals surface area contributed by atoms with Crippen molar-refractivity contribution < 1.29 is 9.47 Å². The van der Waals surface area contributed by atoms with Gasteiger partial charge >= 0.3 is 0 Å². The molecule has 1 saturated heterocycles. The molecule has 118 valence electrons. The van der Waals surface area contributed by atoms with Gasteiger partial charge in [0.2, 0.25) is 0 Å². The van der Waals surface area contributed by atoms with Gasteiger partial charge in [-0.1, -0.05) is 6.07 Å². The predicted molar refractivity (Wildman–Crippen MR) is 90.2 cm³/mol. The molecule has 0 saturated carbocycles. The maximum absolute atomic E-state index is 5.62. The molecule has 1 atom stereocenters. The average Bonchev–Trinajstić information content (AvgIpc) is 3.10. The number of hydrogen-bond donors (Lipinski definition) is 1. The smallest absolute Gasteiger partial charge is 0.124 e. The Labute approximate surface area is 135 Å². The van der Waals surface area contributed by atoms with Crippen LogP contribution in [0.1, 0.15) is 16.5 Å². The molecule has 1 aromatic carbocycles. The molecule has 5 heteroatoms. The van der Waals surface area contributed by atoms with Crippen LogP contribution >= 0.6 is 11.3 Å². The van der Waals surface area contributed by atoms with Crippen LogP contribution in [0.4, 0.5) is 0 Å². The third-order valence-corrected chi connectivity index (χ3v) is 4.99. The van der Waals surface area contributed by atoms with Crippen LogP contribution in [0.2, 0.25) is 0 Å². The summed E-state index contributed by atoms with van der Waals surface area (Å²) in [6, 6.07) is 10.6. The van der Waals surface area contributed by atoms with E-state index < -0.39 is 0 Å². The first-order valence-electron chi connectivity index (χ1n) is 7.53. The second kappa shape index (κ2) is 7.13. The van der Waals surface area contributed by atoms with E-state index >= 15 is 0 Å². The van der Waals surface area contributed by atoms with Crippen molar-refractivity contribution in [2.75, 3.05) is 40.4 Å². The second-order valence-electron chi connectivity index (χ2n) is 5.31. The van der Waals surface area contributed by atoms with Gasteiger partial charge in [0.1, 0.15) is 11.5 Å². The fourth-order valence-electron chi connectivity index (χ4n) is 2.97. The van der Waals surface area contributed by atoms with Gasteiger partial charge in [0.05, 0.1) is 20.3 Å². The van der Waals surface area contributed by atoms with E-state index in [1.54, 1.807) is 25.6 Å². The van der Waals surface area contributed by atoms with Gasteiger partial charge in [-0.3, -0.25) is 4.90 Å². The fraction of sp³-hybridized carbons (Fsp3) is 0.412. The van der Waals surface area contributed by atoms with Gasteiger partial charge in [-0.15, -0.1) is 11.3 Å². The highest BCUT2D eigenvalue weighted by atomic mass is 32.1. The summed E-state index contributed by atoms with van der Waals surface area (Å²) >= 11 is 1.79. The molecule has 0 unspecified atom stereocenters. The van der Waals surface area contributed by atoms with E-state index in [0.717, 1.165) is 37.7 Å². The SMILES string of the molecule is COc1ccc(OC)c([C@H](c2cccs2)N2CCNCC2)c1. The summed E-state index contributed by atoms with van der Waals surface area (Å²) in [5.74, 6) is 1.78. The van der Waals surface area contributed by atoms with Crippen LogP contribution < -0.4 is 14.8 Å². The summed E-state index contributed by atoms with van der Waals surface area (Å²) in [4.78, 5) is 3.85. The zero-order valence-corrected chi connectivity index (χ0v) is 13.9. The number of nitrogens with one attached hydrogen (secondary N) is 1. The van der Waals surface area contributed by atoms with Crippen LogP contribution in [0, 0.1) is 0 Å². The molecule has 0 spiro atoms. The molecular formula is C17H22N2O2S. The number of hydrogen-bond acceptors (Lipinski definition) is 5. The summed E-state index contributed by atoms with van der Waals surface area (Å²) in [5, 5.41) is 5.56. The van der Waals surface area contributed by atoms with Crippen molar-refractivity contribution in [3.8, 4) is 11.5 Å². The summed E-state index contributed by atoms with van der Waals surface area (Å²) < 4.78 is 11.0. The third kappa shape index (κ3) is 3.11. The van der Waals surface area contributed by atoms with Gasteiger partial charge in [-0.2, -0.15) is 0 Å². The molecule has 3 rings (SSSR count). The van der Waals surface area contributed by atoms with Crippen molar-refractivity contribution in [2.45, 2.75) is 6.04 Å². The van der Waals surface area contributed by atoms with E-state index in [0.29, 0.717) is 0 Å². The lowest BCUT2D eigenvalue weighted by Gasteiger charge is -2.35. The molecular weight excluding hydrogens is 296 g/mol. The normalized spacial score (nSPS) is 17.2. The molecule has 22 heavy (non-hydrogen) atoms. The van der Waals surface area contributed by atoms with Gasteiger partial charge in [0.15, 0.2) is 0 Å². The molecule has 1 aliphatic heterocycles. The van der Waals surface area contributed by atoms with Crippen LogP contribution in [0.25, 0.3) is 0 Å². The molecule has 0 bridgehead atoms. The minimum atomic E-state index is 0.215. The zero-order valence-electron chi connectivity index (χ0n) is 13.0. The molecule has 1 aromatic heterocycles. The zero-order chi connectivity index (χ0) is 15.4. The molecule has 2 aromatic rings. The van der Waals surface area contributed by atoms with Crippen molar-refractivity contribution in [2.24, 2.45) is 0 Å². The van der Waals surface area contributed by atoms with Crippen LogP contribution in [-0.2, 0) is 0 Å². The standard InChI is InChI=1S/C17H22N2O2S/c1-20-13-5-6-15(21-2)14(12-13)17(16-4-3-11-22-16)19-9-7-18-8-10-19/h3-6,11-12,17-18H,7-10H2,1-2H3/t17-/m1/s1. The van der Waals surface area contributed by atoms with Crippen molar-refractivity contribution in [3.05, 3.63) is 46.2 Å². The van der Waals surface area contributed by atoms with E-state index in [1.165, 1.54) is 10.4 Å². The summed E-state index contributed by atoms with van der Waals surface area (Å²) in [6.07, 6.45) is 0. The number of ether oxygens (including phenoxy) is 2. The Morgan fingerprint density at radius 1 is 1.14 bits per heavy atom. The largest absolute Gasteiger partial charge is 0.497 e. The first-order chi connectivity index (χ1) is 10.8. The molecule has 0 radical (unpaired) electrons. The first-order valence-corrected chi connectivity index (χ1v) is 8.41. The minimum absolute atomic E-state index is 0.215. The first kappa shape index (κ1) is 15.3. The van der Waals surface area contributed by atoms with Crippen LogP contribution in [0.5, 0.6) is 11.5 Å². The van der Waals surface area contributed by atoms with Crippen LogP contribution in [-0.4, -0.2) is 45.3 Å². The average molecular weight is 318 g/mol. The third-order valence-electron chi connectivity index (χ3n) is 4.06. The Balaban J connectivity index is 2.04. The highest BCUT2D eigenvalue weighted by molar-refractivity contribution is 7.10. The Hall–Kier alpha value is -1.56. The van der Waals surface area contributed by atoms with E-state index in [2.05, 4.69) is 33.8 Å². The highest BCUT2D eigenvalue weighted by Gasteiger charge is 2.27. The number of nitrogens with zero attached hydrogens (tertiary/aromatic N) is 1. The van der Waals surface area contributed by atoms with Gasteiger partial charge in [-0.25, -0.2) is 0 Å². The molecule has 1 fully saturated rings. The Bertz CT molecular complexity index is 595. The Morgan fingerprint density at radius 3 is 2.59 bits per heavy atom. The number of rotatable bonds is 5. The second-order valence-corrected chi connectivity index (χ2v) is 6.29. The molecule has 1 N–H and O–H groups in total. The number of methoxy groups -OCH3 is 2. The van der Waals surface area contributed by atoms with Crippen molar-refractivity contribution in [1.82, 2.24) is 10.2 Å². The van der Waals surface area contributed by atoms with E-state index in [1.807, 2.05) is 12.1 Å². The lowest BCUT2D eigenvalue weighted by atomic mass is 10.0. The van der Waals surface area contributed by atoms with Crippen molar-refractivity contribution in [1.29, 1.82) is 0 Å². The number of benzene rings is 1. The monoisotopic (exact) mass is 318 g/mol. The van der Waals surface area contributed by atoms with Gasteiger partial charge in [0, 0.05) is 36.6 Å². The molecule has 4 nitrogen and oxygen atoms in total. The Kier molecular flexibility index (Phi) is 4.97. The quantitative estimate of drug-likeness (QED) is 0.919. The number of thiophene rings is 1. The maximum Gasteiger partial charge on any atom is 0.124 e. The predicted octanol–water partition coefficient (Wildman–Crippen LogP) is 2.76. The van der Waals surface area contributed by atoms with E-state index in [4.69, 9.17) is 9.47 Å². The Morgan fingerprint density at radius 2 is 1.95 bits per heavy atom. The molecule has 0 amide bonds. The van der Waals surface area contributed by atoms with Crippen molar-refractivity contribution >= 4 is 11.3 Å². The summed E-state index contributed by atoms with van der Waals surface area (Å²) in [5.41, 5.74) is 1.17. The summed E-state index contributed by atoms with van der Waals surface area (Å²) in [7, 11) is 3.44. The molecule has 1 aliphatic rings. The summed E-state index contributed by atoms with van der Waals surface area (Å²) in [6.45, 7) is 4.11. The number of piperazine rings is 1. The van der Waals surface area contributed by atoms with Gasteiger partial charge in [0.25, 0.3) is 0 Å². The fourth-order valence-corrected chi connectivity index (χ4v) is 3.85. The molecule has 2 heterocycles. The molecule has 0 aliphatic carbocycles. The van der Waals surface area contributed by atoms with Crippen LogP contribution in [0.3, 0.4) is 0 Å². The van der Waals surface area contributed by atoms with E-state index in [9.17, 15) is 0 Å². The topological polar surface area (TPSA) is 33.7 Å². The van der Waals surface area contributed by atoms with Gasteiger partial charge < -0.3 is 14.8 Å². The van der Waals surface area contributed by atoms with Crippen molar-refractivity contribution in [3.63, 3.8) is 0 Å². The van der Waals surface area contributed by atoms with Gasteiger partial charge in [-0.05, 0) is 29.6 Å². The van der Waals surface area contributed by atoms with Crippen LogP contribution in [0.15, 0.2) is 35.7 Å².